The summed E-state index contributed by atoms with van der Waals surface area (Å²) < 4.78 is 0. The van der Waals surface area contributed by atoms with Gasteiger partial charge in [0.15, 0.2) is 0 Å². The molecule has 1 aromatic heterocycles. The fourth-order valence-corrected chi connectivity index (χ4v) is 2.75. The molecule has 0 aliphatic rings. The molecule has 1 rings (SSSR count). The zero-order chi connectivity index (χ0) is 10.0. The number of thiophene rings is 1. The molecule has 0 atom stereocenters. The summed E-state index contributed by atoms with van der Waals surface area (Å²) in [5.74, 6) is 0.819. The molecule has 1 aromatic rings. The Bertz CT molecular complexity index is 282. The molecule has 0 saturated carbocycles. The van der Waals surface area contributed by atoms with Crippen molar-refractivity contribution < 1.29 is 0 Å². The van der Waals surface area contributed by atoms with Crippen LogP contribution in [-0.2, 0) is 6.42 Å². The number of aryl methyl sites for hydroxylation is 2. The minimum atomic E-state index is 0.819. The highest BCUT2D eigenvalue weighted by Crippen LogP contribution is 2.28. The van der Waals surface area contributed by atoms with Crippen LogP contribution in [0.25, 0.3) is 0 Å². The zero-order valence-corrected chi connectivity index (χ0v) is 10.2. The van der Waals surface area contributed by atoms with Crippen molar-refractivity contribution >= 4 is 11.3 Å². The van der Waals surface area contributed by atoms with Gasteiger partial charge in [-0.05, 0) is 50.7 Å². The predicted octanol–water partition coefficient (Wildman–Crippen LogP) is 4.26. The number of hydrogen-bond acceptors (Lipinski definition) is 1. The van der Waals surface area contributed by atoms with Gasteiger partial charge >= 0.3 is 0 Å². The van der Waals surface area contributed by atoms with Crippen LogP contribution in [0, 0.1) is 26.7 Å². The topological polar surface area (TPSA) is 0 Å². The third kappa shape index (κ3) is 2.57. The minimum Gasteiger partial charge on any atom is -0.145 e. The second-order valence-electron chi connectivity index (χ2n) is 4.25. The molecule has 0 bridgehead atoms. The molecule has 0 spiro atoms. The molecule has 13 heavy (non-hydrogen) atoms. The van der Waals surface area contributed by atoms with Crippen molar-refractivity contribution in [3.8, 4) is 0 Å². The van der Waals surface area contributed by atoms with E-state index in [4.69, 9.17) is 0 Å². The first-order valence-corrected chi connectivity index (χ1v) is 5.89. The van der Waals surface area contributed by atoms with Crippen LogP contribution in [0.5, 0.6) is 0 Å². The van der Waals surface area contributed by atoms with Crippen LogP contribution < -0.4 is 0 Å². The van der Waals surface area contributed by atoms with Crippen LogP contribution >= 0.6 is 11.3 Å². The monoisotopic (exact) mass is 196 g/mol. The Morgan fingerprint density at radius 2 is 1.69 bits per heavy atom. The van der Waals surface area contributed by atoms with Crippen LogP contribution in [0.15, 0.2) is 0 Å². The van der Waals surface area contributed by atoms with Crippen molar-refractivity contribution in [3.05, 3.63) is 20.9 Å². The highest BCUT2D eigenvalue weighted by molar-refractivity contribution is 7.12. The van der Waals surface area contributed by atoms with E-state index in [0.29, 0.717) is 0 Å². The second-order valence-corrected chi connectivity index (χ2v) is 5.68. The standard InChI is InChI=1S/C12H20S/c1-8(2)6-7-12-9(3)10(4)13-11(12)5/h8H,6-7H2,1-5H3. The minimum absolute atomic E-state index is 0.819. The Kier molecular flexibility index (Phi) is 3.55. The third-order valence-corrected chi connectivity index (χ3v) is 3.85. The summed E-state index contributed by atoms with van der Waals surface area (Å²) in [5.41, 5.74) is 3.14. The summed E-state index contributed by atoms with van der Waals surface area (Å²) in [6.45, 7) is 11.3. The first kappa shape index (κ1) is 10.8. The van der Waals surface area contributed by atoms with E-state index in [-0.39, 0.29) is 0 Å². The average Bonchev–Trinajstić information content (AvgIpc) is 2.24. The lowest BCUT2D eigenvalue weighted by Gasteiger charge is -2.05. The quantitative estimate of drug-likeness (QED) is 0.677. The van der Waals surface area contributed by atoms with Crippen molar-refractivity contribution in [1.82, 2.24) is 0 Å². The van der Waals surface area contributed by atoms with Crippen molar-refractivity contribution in [2.24, 2.45) is 5.92 Å². The van der Waals surface area contributed by atoms with Gasteiger partial charge in [-0.2, -0.15) is 0 Å². The molecule has 0 aliphatic carbocycles. The summed E-state index contributed by atoms with van der Waals surface area (Å²) in [5, 5.41) is 0. The Morgan fingerprint density at radius 3 is 2.08 bits per heavy atom. The van der Waals surface area contributed by atoms with Gasteiger partial charge in [0.1, 0.15) is 0 Å². The van der Waals surface area contributed by atoms with Gasteiger partial charge in [0, 0.05) is 9.75 Å². The van der Waals surface area contributed by atoms with Gasteiger partial charge in [0.05, 0.1) is 0 Å². The molecular weight excluding hydrogens is 176 g/mol. The zero-order valence-electron chi connectivity index (χ0n) is 9.40. The van der Waals surface area contributed by atoms with E-state index in [9.17, 15) is 0 Å². The molecule has 0 aromatic carbocycles. The molecule has 0 unspecified atom stereocenters. The Balaban J connectivity index is 2.76. The van der Waals surface area contributed by atoms with E-state index >= 15 is 0 Å². The summed E-state index contributed by atoms with van der Waals surface area (Å²) >= 11 is 1.95. The van der Waals surface area contributed by atoms with Gasteiger partial charge in [-0.25, -0.2) is 0 Å². The molecule has 0 radical (unpaired) electrons. The van der Waals surface area contributed by atoms with Crippen LogP contribution in [-0.4, -0.2) is 0 Å². The van der Waals surface area contributed by atoms with E-state index in [0.717, 1.165) is 5.92 Å². The van der Waals surface area contributed by atoms with E-state index in [1.807, 2.05) is 11.3 Å². The maximum atomic E-state index is 2.30. The van der Waals surface area contributed by atoms with Crippen molar-refractivity contribution in [2.75, 3.05) is 0 Å². The lowest BCUT2D eigenvalue weighted by molar-refractivity contribution is 0.585. The molecule has 0 N–H and O–H groups in total. The van der Waals surface area contributed by atoms with Gasteiger partial charge in [0.2, 0.25) is 0 Å². The first-order valence-electron chi connectivity index (χ1n) is 5.07. The average molecular weight is 196 g/mol. The van der Waals surface area contributed by atoms with Crippen molar-refractivity contribution in [2.45, 2.75) is 47.5 Å². The lowest BCUT2D eigenvalue weighted by Crippen LogP contribution is -1.94. The SMILES string of the molecule is Cc1sc(C)c(CCC(C)C)c1C. The third-order valence-electron chi connectivity index (χ3n) is 2.68. The summed E-state index contributed by atoms with van der Waals surface area (Å²) in [7, 11) is 0. The normalized spacial score (nSPS) is 11.2. The van der Waals surface area contributed by atoms with Crippen LogP contribution in [0.3, 0.4) is 0 Å². The molecule has 0 saturated heterocycles. The maximum Gasteiger partial charge on any atom is 0.00517 e. The second kappa shape index (κ2) is 4.28. The van der Waals surface area contributed by atoms with Gasteiger partial charge in [-0.1, -0.05) is 13.8 Å². The Hall–Kier alpha value is -0.300. The predicted molar refractivity (Wildman–Crippen MR) is 61.7 cm³/mol. The van der Waals surface area contributed by atoms with Gasteiger partial charge in [-0.3, -0.25) is 0 Å². The lowest BCUT2D eigenvalue weighted by atomic mass is 10.00. The maximum absolute atomic E-state index is 2.30. The molecular formula is C12H20S. The van der Waals surface area contributed by atoms with Gasteiger partial charge in [0.25, 0.3) is 0 Å². The Labute approximate surface area is 86.0 Å². The van der Waals surface area contributed by atoms with Crippen molar-refractivity contribution in [1.29, 1.82) is 0 Å². The number of hydrogen-bond donors (Lipinski definition) is 0. The first-order chi connectivity index (χ1) is 6.02. The summed E-state index contributed by atoms with van der Waals surface area (Å²) in [4.78, 5) is 3.02. The van der Waals surface area contributed by atoms with E-state index in [1.54, 1.807) is 5.56 Å². The van der Waals surface area contributed by atoms with E-state index < -0.39 is 0 Å². The molecule has 1 heteroatoms. The van der Waals surface area contributed by atoms with Crippen molar-refractivity contribution in [3.63, 3.8) is 0 Å². The van der Waals surface area contributed by atoms with E-state index in [1.165, 1.54) is 28.2 Å². The smallest absolute Gasteiger partial charge is 0.00517 e. The fourth-order valence-electron chi connectivity index (χ4n) is 1.64. The highest BCUT2D eigenvalue weighted by Gasteiger charge is 2.08. The van der Waals surface area contributed by atoms with E-state index in [2.05, 4.69) is 34.6 Å². The summed E-state index contributed by atoms with van der Waals surface area (Å²) in [6.07, 6.45) is 2.58. The largest absolute Gasteiger partial charge is 0.145 e. The number of rotatable bonds is 3. The van der Waals surface area contributed by atoms with Crippen LogP contribution in [0.1, 0.15) is 41.1 Å². The summed E-state index contributed by atoms with van der Waals surface area (Å²) in [6, 6.07) is 0. The van der Waals surface area contributed by atoms with Gasteiger partial charge in [-0.15, -0.1) is 11.3 Å². The molecule has 0 aliphatic heterocycles. The Morgan fingerprint density at radius 1 is 1.08 bits per heavy atom. The molecule has 1 heterocycles. The molecule has 0 fully saturated rings. The highest BCUT2D eigenvalue weighted by atomic mass is 32.1. The van der Waals surface area contributed by atoms with Crippen LogP contribution in [0.2, 0.25) is 0 Å². The van der Waals surface area contributed by atoms with Gasteiger partial charge < -0.3 is 0 Å². The molecule has 74 valence electrons. The fraction of sp³-hybridized carbons (Fsp3) is 0.667. The molecule has 0 amide bonds. The van der Waals surface area contributed by atoms with Crippen LogP contribution in [0.4, 0.5) is 0 Å². The molecule has 0 nitrogen and oxygen atoms in total.